The highest BCUT2D eigenvalue weighted by atomic mass is 32.1. The first-order chi connectivity index (χ1) is 17.5. The fourth-order valence-electron chi connectivity index (χ4n) is 4.78. The molecule has 192 valence electrons. The van der Waals surface area contributed by atoms with E-state index in [1.165, 1.54) is 16.8 Å². The van der Waals surface area contributed by atoms with Crippen molar-refractivity contribution in [2.75, 3.05) is 39.0 Å². The van der Waals surface area contributed by atoms with E-state index < -0.39 is 0 Å². The molecule has 36 heavy (non-hydrogen) atoms. The molecule has 1 saturated heterocycles. The van der Waals surface area contributed by atoms with Crippen LogP contribution in [0.25, 0.3) is 0 Å². The number of fused-ring (bicyclic) bond motifs is 1. The molecule has 2 aromatic rings. The van der Waals surface area contributed by atoms with Crippen LogP contribution < -0.4 is 21.5 Å². The third-order valence-electron chi connectivity index (χ3n) is 6.88. The number of methoxy groups -OCH3 is 1. The van der Waals surface area contributed by atoms with Gasteiger partial charge < -0.3 is 31.3 Å². The molecule has 0 radical (unpaired) electrons. The molecule has 3 heterocycles. The monoisotopic (exact) mass is 508 g/mol. The first-order valence-corrected chi connectivity index (χ1v) is 13.3. The van der Waals surface area contributed by atoms with Gasteiger partial charge in [0.2, 0.25) is 0 Å². The Kier molecular flexibility index (Phi) is 8.66. The van der Waals surface area contributed by atoms with Crippen molar-refractivity contribution in [1.82, 2.24) is 15.1 Å². The minimum atomic E-state index is -0.0510. The predicted molar refractivity (Wildman–Crippen MR) is 147 cm³/mol. The number of rotatable bonds is 9. The number of anilines is 1. The summed E-state index contributed by atoms with van der Waals surface area (Å²) in [6.07, 6.45) is 6.74. The lowest BCUT2D eigenvalue weighted by atomic mass is 10.0. The number of likely N-dealkylation sites (tertiary alicyclic amines) is 1. The van der Waals surface area contributed by atoms with Crippen LogP contribution in [-0.4, -0.2) is 61.4 Å². The number of hydrogen-bond donors (Lipinski definition) is 3. The Morgan fingerprint density at radius 3 is 2.83 bits per heavy atom. The van der Waals surface area contributed by atoms with Crippen molar-refractivity contribution in [2.45, 2.75) is 38.3 Å². The van der Waals surface area contributed by atoms with E-state index in [9.17, 15) is 4.79 Å². The molecule has 1 aromatic carbocycles. The first-order valence-electron chi connectivity index (χ1n) is 12.4. The molecule has 1 fully saturated rings. The quantitative estimate of drug-likeness (QED) is 0.158. The maximum Gasteiger partial charge on any atom is 0.253 e. The van der Waals surface area contributed by atoms with Crippen molar-refractivity contribution in [2.24, 2.45) is 10.7 Å². The molecule has 0 unspecified atom stereocenters. The molecule has 1 amide bonds. The molecule has 1 aromatic heterocycles. The van der Waals surface area contributed by atoms with Gasteiger partial charge in [0, 0.05) is 48.4 Å². The standard InChI is InChI=1S/C27H36N6O2S/c1-19(27(34)33-13-8-25-21(17-33)9-14-36-25)15-26(31-18-28)32-11-6-22(7-12-32)30-10-5-20-16-23(35-2)3-4-24(20)29/h3-4,9,14-16,18,22,30H,1,5-8,10-13,17,29H2,2H3,(H2,28,31)/b26-15+. The Morgan fingerprint density at radius 2 is 2.08 bits per heavy atom. The molecule has 4 rings (SSSR count). The number of piperidine rings is 1. The first kappa shape index (κ1) is 25.8. The third kappa shape index (κ3) is 6.27. The number of hydrogen-bond acceptors (Lipinski definition) is 7. The van der Waals surface area contributed by atoms with E-state index in [0.717, 1.165) is 62.3 Å². The zero-order valence-electron chi connectivity index (χ0n) is 20.9. The fourth-order valence-corrected chi connectivity index (χ4v) is 5.67. The number of carbonyl (C=O) groups is 1. The van der Waals surface area contributed by atoms with Gasteiger partial charge in [0.15, 0.2) is 0 Å². The Balaban J connectivity index is 1.28. The number of nitrogens with two attached hydrogens (primary N) is 2. The molecule has 9 heteroatoms. The van der Waals surface area contributed by atoms with Crippen LogP contribution in [0.5, 0.6) is 5.75 Å². The lowest BCUT2D eigenvalue weighted by molar-refractivity contribution is -0.127. The van der Waals surface area contributed by atoms with E-state index in [-0.39, 0.29) is 5.91 Å². The number of aliphatic imine (C=N–C) groups is 1. The Bertz CT molecular complexity index is 1130. The van der Waals surface area contributed by atoms with E-state index >= 15 is 0 Å². The third-order valence-corrected chi connectivity index (χ3v) is 7.90. The smallest absolute Gasteiger partial charge is 0.253 e. The van der Waals surface area contributed by atoms with Crippen molar-refractivity contribution in [3.63, 3.8) is 0 Å². The van der Waals surface area contributed by atoms with E-state index in [1.54, 1.807) is 24.5 Å². The average molecular weight is 509 g/mol. The number of nitrogens with one attached hydrogen (secondary N) is 1. The summed E-state index contributed by atoms with van der Waals surface area (Å²) in [6, 6.07) is 8.28. The number of thiophene rings is 1. The number of carbonyl (C=O) groups excluding carboxylic acids is 1. The largest absolute Gasteiger partial charge is 0.497 e. The van der Waals surface area contributed by atoms with Crippen LogP contribution >= 0.6 is 11.3 Å². The molecule has 8 nitrogen and oxygen atoms in total. The van der Waals surface area contributed by atoms with Crippen molar-refractivity contribution >= 4 is 29.3 Å². The fraction of sp³-hybridized carbons (Fsp3) is 0.407. The van der Waals surface area contributed by atoms with Gasteiger partial charge in [-0.2, -0.15) is 0 Å². The maximum absolute atomic E-state index is 13.1. The van der Waals surface area contributed by atoms with Crippen molar-refractivity contribution in [1.29, 1.82) is 0 Å². The molecule has 0 saturated carbocycles. The Labute approximate surface area is 217 Å². The molecular weight excluding hydrogens is 472 g/mol. The number of nitrogen functional groups attached to an aromatic ring is 1. The summed E-state index contributed by atoms with van der Waals surface area (Å²) in [5, 5.41) is 5.74. The van der Waals surface area contributed by atoms with Gasteiger partial charge in [0.1, 0.15) is 11.6 Å². The molecule has 5 N–H and O–H groups in total. The zero-order valence-corrected chi connectivity index (χ0v) is 21.7. The normalized spacial score (nSPS) is 16.9. The van der Waals surface area contributed by atoms with Crippen LogP contribution in [-0.2, 0) is 24.2 Å². The Morgan fingerprint density at radius 1 is 1.28 bits per heavy atom. The average Bonchev–Trinajstić information content (AvgIpc) is 3.37. The van der Waals surface area contributed by atoms with E-state index in [4.69, 9.17) is 16.2 Å². The van der Waals surface area contributed by atoms with Gasteiger partial charge in [-0.1, -0.05) is 6.58 Å². The second kappa shape index (κ2) is 12.1. The number of amides is 1. The number of nitrogens with zero attached hydrogens (tertiary/aromatic N) is 3. The van der Waals surface area contributed by atoms with Gasteiger partial charge in [-0.3, -0.25) is 4.79 Å². The molecule has 0 aliphatic carbocycles. The van der Waals surface area contributed by atoms with Crippen LogP contribution in [0.4, 0.5) is 5.69 Å². The van der Waals surface area contributed by atoms with E-state index in [2.05, 4.69) is 33.2 Å². The molecule has 2 aliphatic rings. The van der Waals surface area contributed by atoms with E-state index in [1.807, 2.05) is 23.1 Å². The van der Waals surface area contributed by atoms with Gasteiger partial charge in [-0.25, -0.2) is 4.99 Å². The van der Waals surface area contributed by atoms with Gasteiger partial charge in [-0.15, -0.1) is 11.3 Å². The van der Waals surface area contributed by atoms with Crippen LogP contribution in [0.2, 0.25) is 0 Å². The molecule has 0 bridgehead atoms. The van der Waals surface area contributed by atoms with Gasteiger partial charge in [-0.05, 0) is 79.1 Å². The van der Waals surface area contributed by atoms with Crippen molar-refractivity contribution in [3.8, 4) is 5.75 Å². The zero-order chi connectivity index (χ0) is 25.5. The Hall–Kier alpha value is -3.30. The highest BCUT2D eigenvalue weighted by Gasteiger charge is 2.24. The lowest BCUT2D eigenvalue weighted by Gasteiger charge is -2.34. The minimum absolute atomic E-state index is 0.0510. The summed E-state index contributed by atoms with van der Waals surface area (Å²) in [7, 11) is 1.66. The lowest BCUT2D eigenvalue weighted by Crippen LogP contribution is -2.42. The van der Waals surface area contributed by atoms with Gasteiger partial charge in [0.25, 0.3) is 5.91 Å². The van der Waals surface area contributed by atoms with Gasteiger partial charge in [0.05, 0.1) is 13.4 Å². The second-order valence-electron chi connectivity index (χ2n) is 9.18. The predicted octanol–water partition coefficient (Wildman–Crippen LogP) is 2.90. The molecule has 2 aliphatic heterocycles. The summed E-state index contributed by atoms with van der Waals surface area (Å²) in [5.41, 5.74) is 15.3. The highest BCUT2D eigenvalue weighted by Crippen LogP contribution is 2.26. The summed E-state index contributed by atoms with van der Waals surface area (Å²) in [5.74, 6) is 1.46. The highest BCUT2D eigenvalue weighted by molar-refractivity contribution is 7.10. The van der Waals surface area contributed by atoms with Gasteiger partial charge >= 0.3 is 0 Å². The summed E-state index contributed by atoms with van der Waals surface area (Å²) < 4.78 is 5.31. The molecular formula is C27H36N6O2S. The molecule has 0 atom stereocenters. The van der Waals surface area contributed by atoms with Crippen molar-refractivity contribution in [3.05, 3.63) is 69.7 Å². The topological polar surface area (TPSA) is 109 Å². The summed E-state index contributed by atoms with van der Waals surface area (Å²) >= 11 is 1.76. The number of ether oxygens (including phenoxy) is 1. The van der Waals surface area contributed by atoms with Crippen LogP contribution in [0.3, 0.4) is 0 Å². The number of benzene rings is 1. The summed E-state index contributed by atoms with van der Waals surface area (Å²) in [6.45, 7) is 7.90. The van der Waals surface area contributed by atoms with Crippen molar-refractivity contribution < 1.29 is 9.53 Å². The van der Waals surface area contributed by atoms with Crippen LogP contribution in [0.1, 0.15) is 28.8 Å². The minimum Gasteiger partial charge on any atom is -0.497 e. The summed E-state index contributed by atoms with van der Waals surface area (Å²) in [4.78, 5) is 22.8. The van der Waals surface area contributed by atoms with Crippen LogP contribution in [0.15, 0.2) is 58.7 Å². The SMILES string of the molecule is C=C(/C=C(\N=CN)N1CCC(NCCc2cc(OC)ccc2N)CC1)C(=O)N1CCc2sccc2C1. The maximum atomic E-state index is 13.1. The second-order valence-corrected chi connectivity index (χ2v) is 10.2. The molecule has 0 spiro atoms. The van der Waals surface area contributed by atoms with Crippen LogP contribution in [0, 0.1) is 0 Å². The van der Waals surface area contributed by atoms with E-state index in [0.29, 0.717) is 30.5 Å².